The van der Waals surface area contributed by atoms with Crippen LogP contribution >= 0.6 is 0 Å². The Labute approximate surface area is 390 Å². The van der Waals surface area contributed by atoms with Gasteiger partial charge < -0.3 is 9.80 Å². The summed E-state index contributed by atoms with van der Waals surface area (Å²) in [6.07, 6.45) is 2.61. The zero-order chi connectivity index (χ0) is 45.1. The van der Waals surface area contributed by atoms with Gasteiger partial charge in [-0.1, -0.05) is 164 Å². The highest BCUT2D eigenvalue weighted by Gasteiger charge is 2.25. The van der Waals surface area contributed by atoms with Crippen LogP contribution in [0.25, 0.3) is 55.3 Å². The van der Waals surface area contributed by atoms with Crippen molar-refractivity contribution in [3.63, 3.8) is 0 Å². The Hall–Kier alpha value is -9.06. The molecule has 10 aromatic rings. The average Bonchev–Trinajstić information content (AvgIpc) is 3.74. The molecule has 0 fully saturated rings. The van der Waals surface area contributed by atoms with E-state index in [1.54, 1.807) is 0 Å². The van der Waals surface area contributed by atoms with Gasteiger partial charge in [0.2, 0.25) is 0 Å². The lowest BCUT2D eigenvalue weighted by molar-refractivity contribution is -0.119. The second kappa shape index (κ2) is 17.8. The number of carbonyl (C=O) groups excluding carboxylic acids is 2. The normalized spacial score (nSPS) is 12.1. The Balaban J connectivity index is 0.912. The van der Waals surface area contributed by atoms with Crippen molar-refractivity contribution in [3.05, 3.63) is 261 Å². The number of fused-ring (bicyclic) bond motifs is 1. The van der Waals surface area contributed by atoms with Crippen molar-refractivity contribution in [1.82, 2.24) is 0 Å². The monoisotopic (exact) mass is 861 g/mol. The van der Waals surface area contributed by atoms with Gasteiger partial charge in [-0.2, -0.15) is 0 Å². The van der Waals surface area contributed by atoms with Crippen LogP contribution in [0.4, 0.5) is 39.8 Å². The number of hydrogen-bond donors (Lipinski definition) is 0. The van der Waals surface area contributed by atoms with E-state index in [9.17, 15) is 9.59 Å². The summed E-state index contributed by atoms with van der Waals surface area (Å²) in [6, 6.07) is 86.9. The van der Waals surface area contributed by atoms with Crippen molar-refractivity contribution in [3.8, 4) is 44.5 Å². The molecule has 0 spiro atoms. The molecule has 1 heterocycles. The molecule has 0 bridgehead atoms. The molecule has 5 heteroatoms. The minimum atomic E-state index is -0.343. The van der Waals surface area contributed by atoms with Crippen LogP contribution in [-0.2, 0) is 9.59 Å². The van der Waals surface area contributed by atoms with Crippen LogP contribution in [0.3, 0.4) is 0 Å². The quantitative estimate of drug-likeness (QED) is 0.122. The molecule has 0 unspecified atom stereocenters. The molecule has 0 aromatic heterocycles. The molecule has 1 aliphatic rings. The maximum atomic E-state index is 12.5. The van der Waals surface area contributed by atoms with Crippen molar-refractivity contribution in [2.24, 2.45) is 0 Å². The van der Waals surface area contributed by atoms with E-state index >= 15 is 0 Å². The summed E-state index contributed by atoms with van der Waals surface area (Å²) in [4.78, 5) is 30.7. The summed E-state index contributed by atoms with van der Waals surface area (Å²) in [5.74, 6) is -0.685. The number of hydrogen-bond acceptors (Lipinski definition) is 4. The number of rotatable bonds is 11. The van der Waals surface area contributed by atoms with Crippen LogP contribution in [0, 0.1) is 0 Å². The number of benzene rings is 10. The third kappa shape index (κ3) is 8.18. The molecule has 0 aliphatic carbocycles. The van der Waals surface area contributed by atoms with Gasteiger partial charge >= 0.3 is 0 Å². The van der Waals surface area contributed by atoms with Gasteiger partial charge in [0.25, 0.3) is 11.8 Å². The Kier molecular flexibility index (Phi) is 10.8. The average molecular weight is 862 g/mol. The number of amides is 2. The van der Waals surface area contributed by atoms with E-state index < -0.39 is 0 Å². The van der Waals surface area contributed by atoms with Gasteiger partial charge in [0.1, 0.15) is 0 Å². The van der Waals surface area contributed by atoms with Crippen LogP contribution in [0.15, 0.2) is 261 Å². The van der Waals surface area contributed by atoms with Gasteiger partial charge in [-0.3, -0.25) is 9.59 Å². The highest BCUT2D eigenvalue weighted by atomic mass is 16.2. The molecule has 2 amide bonds. The zero-order valence-electron chi connectivity index (χ0n) is 36.5. The van der Waals surface area contributed by atoms with E-state index in [2.05, 4.69) is 222 Å². The van der Waals surface area contributed by atoms with E-state index in [-0.39, 0.29) is 11.8 Å². The first-order valence-corrected chi connectivity index (χ1v) is 22.4. The van der Waals surface area contributed by atoms with Crippen LogP contribution in [0.1, 0.15) is 0 Å². The maximum absolute atomic E-state index is 12.5. The van der Waals surface area contributed by atoms with Crippen molar-refractivity contribution in [2.75, 3.05) is 14.7 Å². The topological polar surface area (TPSA) is 43.9 Å². The van der Waals surface area contributed by atoms with E-state index in [1.807, 2.05) is 36.4 Å². The second-order valence-electron chi connectivity index (χ2n) is 16.5. The summed E-state index contributed by atoms with van der Waals surface area (Å²) in [7, 11) is 0. The molecule has 11 rings (SSSR count). The Morgan fingerprint density at radius 2 is 0.582 bits per heavy atom. The summed E-state index contributed by atoms with van der Waals surface area (Å²) in [5, 5.41) is 2.41. The smallest absolute Gasteiger partial charge is 0.258 e. The van der Waals surface area contributed by atoms with E-state index in [4.69, 9.17) is 0 Å². The predicted molar refractivity (Wildman–Crippen MR) is 277 cm³/mol. The van der Waals surface area contributed by atoms with Crippen molar-refractivity contribution in [2.45, 2.75) is 0 Å². The maximum Gasteiger partial charge on any atom is 0.258 e. The van der Waals surface area contributed by atoms with Gasteiger partial charge in [0, 0.05) is 46.3 Å². The highest BCUT2D eigenvalue weighted by Crippen LogP contribution is 2.41. The van der Waals surface area contributed by atoms with Gasteiger partial charge in [0.05, 0.1) is 5.69 Å². The highest BCUT2D eigenvalue weighted by molar-refractivity contribution is 6.28. The molecule has 5 nitrogen and oxygen atoms in total. The first kappa shape index (κ1) is 40.7. The summed E-state index contributed by atoms with van der Waals surface area (Å²) in [6.45, 7) is 0. The molecule has 0 atom stereocenters. The molecule has 0 radical (unpaired) electrons. The molecular formula is C62H43N3O2. The standard InChI is InChI=1S/C62H43N3O2/c66-61-42-43-62(67)65(61)58-40-38-57(39-41-58)64(56-36-26-51(27-37-56)60-17-9-15-50-14-7-8-16-59(50)60)55-34-24-49(25-35-55)48-22-32-54(33-23-48)63(52-28-18-46(19-29-52)44-10-3-1-4-11-44)53-30-20-47(21-31-53)45-12-5-2-6-13-45/h1-43H. The fourth-order valence-corrected chi connectivity index (χ4v) is 9.04. The van der Waals surface area contributed by atoms with Gasteiger partial charge in [-0.25, -0.2) is 4.90 Å². The molecule has 318 valence electrons. The van der Waals surface area contributed by atoms with E-state index in [0.717, 1.165) is 50.8 Å². The Morgan fingerprint density at radius 3 is 0.985 bits per heavy atom. The summed E-state index contributed by atoms with van der Waals surface area (Å²) < 4.78 is 0. The second-order valence-corrected chi connectivity index (χ2v) is 16.5. The summed E-state index contributed by atoms with van der Waals surface area (Å²) in [5.41, 5.74) is 15.7. The Bertz CT molecular complexity index is 3280. The zero-order valence-corrected chi connectivity index (χ0v) is 36.5. The molecular weight excluding hydrogens is 819 g/mol. The number of nitrogens with zero attached hydrogens (tertiary/aromatic N) is 3. The molecule has 10 aromatic carbocycles. The molecule has 67 heavy (non-hydrogen) atoms. The minimum Gasteiger partial charge on any atom is -0.311 e. The third-order valence-electron chi connectivity index (χ3n) is 12.5. The lowest BCUT2D eigenvalue weighted by atomic mass is 9.98. The number of anilines is 7. The fraction of sp³-hybridized carbons (Fsp3) is 0. The minimum absolute atomic E-state index is 0.343. The Morgan fingerprint density at radius 1 is 0.269 bits per heavy atom. The third-order valence-corrected chi connectivity index (χ3v) is 12.5. The van der Waals surface area contributed by atoms with Crippen LogP contribution in [0.5, 0.6) is 0 Å². The van der Waals surface area contributed by atoms with Crippen LogP contribution < -0.4 is 14.7 Å². The number of carbonyl (C=O) groups is 2. The molecule has 0 N–H and O–H groups in total. The van der Waals surface area contributed by atoms with Crippen LogP contribution in [-0.4, -0.2) is 11.8 Å². The molecule has 1 aliphatic heterocycles. The van der Waals surface area contributed by atoms with Gasteiger partial charge in [0.15, 0.2) is 0 Å². The number of imide groups is 1. The van der Waals surface area contributed by atoms with Crippen molar-refractivity contribution in [1.29, 1.82) is 0 Å². The van der Waals surface area contributed by atoms with Gasteiger partial charge in [-0.05, 0) is 140 Å². The fourth-order valence-electron chi connectivity index (χ4n) is 9.04. The van der Waals surface area contributed by atoms with Crippen LogP contribution in [0.2, 0.25) is 0 Å². The molecule has 0 saturated carbocycles. The lowest BCUT2D eigenvalue weighted by Crippen LogP contribution is -2.29. The van der Waals surface area contributed by atoms with E-state index in [1.165, 1.54) is 55.6 Å². The van der Waals surface area contributed by atoms with Crippen molar-refractivity contribution >= 4 is 62.4 Å². The molecule has 0 saturated heterocycles. The SMILES string of the molecule is O=C1C=CC(=O)N1c1ccc(N(c2ccc(-c3ccc(N(c4ccc(-c5ccccc5)cc4)c4ccc(-c5ccccc5)cc4)cc3)cc2)c2ccc(-c3cccc4ccccc34)cc2)cc1. The van der Waals surface area contributed by atoms with Gasteiger partial charge in [-0.15, -0.1) is 0 Å². The first-order chi connectivity index (χ1) is 33.0. The first-order valence-electron chi connectivity index (χ1n) is 22.4. The van der Waals surface area contributed by atoms with E-state index in [0.29, 0.717) is 5.69 Å². The van der Waals surface area contributed by atoms with Crippen molar-refractivity contribution < 1.29 is 9.59 Å². The predicted octanol–water partition coefficient (Wildman–Crippen LogP) is 15.9. The lowest BCUT2D eigenvalue weighted by Gasteiger charge is -2.27. The summed E-state index contributed by atoms with van der Waals surface area (Å²) >= 11 is 0. The largest absolute Gasteiger partial charge is 0.311 e.